The molecule has 2 heterocycles. The van der Waals surface area contributed by atoms with Crippen LogP contribution in [0.1, 0.15) is 29.6 Å². The Hall–Kier alpha value is -1.30. The van der Waals surface area contributed by atoms with Crippen molar-refractivity contribution in [2.75, 3.05) is 44.8 Å². The van der Waals surface area contributed by atoms with Gasteiger partial charge in [0.05, 0.1) is 29.9 Å². The number of nitrogens with zero attached hydrogens (tertiary/aromatic N) is 1. The van der Waals surface area contributed by atoms with E-state index in [1.807, 2.05) is 12.1 Å². The summed E-state index contributed by atoms with van der Waals surface area (Å²) in [6.07, 6.45) is 3.68. The molecule has 0 aromatic heterocycles. The molecular weight excluding hydrogens is 316 g/mol. The van der Waals surface area contributed by atoms with Crippen LogP contribution in [0.3, 0.4) is 0 Å². The van der Waals surface area contributed by atoms with Crippen LogP contribution in [0.5, 0.6) is 0 Å². The van der Waals surface area contributed by atoms with Gasteiger partial charge in [-0.3, -0.25) is 4.79 Å². The Morgan fingerprint density at radius 3 is 2.83 bits per heavy atom. The molecule has 126 valence electrons. The van der Waals surface area contributed by atoms with Gasteiger partial charge in [-0.1, -0.05) is 11.6 Å². The van der Waals surface area contributed by atoms with E-state index in [0.717, 1.165) is 38.1 Å². The second kappa shape index (κ2) is 7.99. The number of rotatable bonds is 5. The van der Waals surface area contributed by atoms with Crippen molar-refractivity contribution >= 4 is 23.2 Å². The van der Waals surface area contributed by atoms with Gasteiger partial charge in [-0.25, -0.2) is 0 Å². The quantitative estimate of drug-likeness (QED) is 0.897. The first kappa shape index (κ1) is 16.6. The maximum Gasteiger partial charge on any atom is 0.255 e. The first-order valence-electron chi connectivity index (χ1n) is 8.26. The summed E-state index contributed by atoms with van der Waals surface area (Å²) in [5.41, 5.74) is 1.49. The Balaban J connectivity index is 1.55. The summed E-state index contributed by atoms with van der Waals surface area (Å²) in [6.45, 7) is 4.15. The van der Waals surface area contributed by atoms with Crippen LogP contribution in [0, 0.1) is 0 Å². The van der Waals surface area contributed by atoms with Gasteiger partial charge in [0.2, 0.25) is 0 Å². The molecule has 0 spiro atoms. The van der Waals surface area contributed by atoms with E-state index in [-0.39, 0.29) is 5.91 Å². The summed E-state index contributed by atoms with van der Waals surface area (Å²) in [5.74, 6) is -0.0239. The fourth-order valence-electron chi connectivity index (χ4n) is 2.98. The highest BCUT2D eigenvalue weighted by molar-refractivity contribution is 6.34. The smallest absolute Gasteiger partial charge is 0.255 e. The molecule has 23 heavy (non-hydrogen) atoms. The number of ether oxygens (including phenoxy) is 2. The number of carbonyl (C=O) groups excluding carboxylic acids is 1. The molecule has 0 saturated carbocycles. The largest absolute Gasteiger partial charge is 0.385 e. The van der Waals surface area contributed by atoms with E-state index >= 15 is 0 Å². The number of hydrogen-bond donors (Lipinski definition) is 1. The molecule has 6 heteroatoms. The fourth-order valence-corrected chi connectivity index (χ4v) is 3.25. The summed E-state index contributed by atoms with van der Waals surface area (Å²) in [7, 11) is 0. The van der Waals surface area contributed by atoms with Gasteiger partial charge in [0.1, 0.15) is 0 Å². The van der Waals surface area contributed by atoms with Crippen LogP contribution in [-0.4, -0.2) is 56.4 Å². The number of halogens is 1. The van der Waals surface area contributed by atoms with Gasteiger partial charge < -0.3 is 19.7 Å². The number of amides is 1. The van der Waals surface area contributed by atoms with Crippen LogP contribution in [0.25, 0.3) is 0 Å². The zero-order valence-corrected chi connectivity index (χ0v) is 14.0. The van der Waals surface area contributed by atoms with Crippen molar-refractivity contribution in [3.8, 4) is 0 Å². The van der Waals surface area contributed by atoms with E-state index in [9.17, 15) is 4.79 Å². The topological polar surface area (TPSA) is 50.8 Å². The molecule has 1 N–H and O–H groups in total. The molecule has 1 aromatic rings. The lowest BCUT2D eigenvalue weighted by Crippen LogP contribution is -2.40. The average molecular weight is 339 g/mol. The zero-order chi connectivity index (χ0) is 16.1. The van der Waals surface area contributed by atoms with Gasteiger partial charge in [0.25, 0.3) is 5.91 Å². The number of morpholine rings is 1. The minimum Gasteiger partial charge on any atom is -0.385 e. The Kier molecular flexibility index (Phi) is 5.75. The van der Waals surface area contributed by atoms with Gasteiger partial charge >= 0.3 is 0 Å². The van der Waals surface area contributed by atoms with Crippen molar-refractivity contribution in [2.24, 2.45) is 0 Å². The number of anilines is 1. The van der Waals surface area contributed by atoms with Gasteiger partial charge in [-0.15, -0.1) is 0 Å². The molecule has 1 amide bonds. The molecule has 2 fully saturated rings. The molecule has 5 nitrogen and oxygen atoms in total. The number of carbonyl (C=O) groups is 1. The van der Waals surface area contributed by atoms with E-state index in [1.54, 1.807) is 11.0 Å². The summed E-state index contributed by atoms with van der Waals surface area (Å²) in [5, 5.41) is 3.84. The molecule has 0 unspecified atom stereocenters. The van der Waals surface area contributed by atoms with E-state index in [0.29, 0.717) is 43.0 Å². The molecule has 0 bridgehead atoms. The Morgan fingerprint density at radius 1 is 1.30 bits per heavy atom. The Morgan fingerprint density at radius 2 is 2.13 bits per heavy atom. The number of hydrogen-bond acceptors (Lipinski definition) is 4. The highest BCUT2D eigenvalue weighted by Gasteiger charge is 2.21. The predicted octanol–water partition coefficient (Wildman–Crippen LogP) is 2.79. The van der Waals surface area contributed by atoms with Crippen molar-refractivity contribution in [1.82, 2.24) is 4.90 Å². The first-order chi connectivity index (χ1) is 11.2. The van der Waals surface area contributed by atoms with Gasteiger partial charge in [-0.05, 0) is 37.5 Å². The van der Waals surface area contributed by atoms with Crippen molar-refractivity contribution < 1.29 is 14.3 Å². The second-order valence-electron chi connectivity index (χ2n) is 5.95. The number of benzene rings is 1. The normalized spacial score (nSPS) is 21.4. The summed E-state index contributed by atoms with van der Waals surface area (Å²) >= 11 is 6.31. The lowest BCUT2D eigenvalue weighted by molar-refractivity contribution is 0.0303. The molecule has 0 aliphatic carbocycles. The van der Waals surface area contributed by atoms with E-state index < -0.39 is 0 Å². The van der Waals surface area contributed by atoms with Gasteiger partial charge in [0, 0.05) is 31.9 Å². The van der Waals surface area contributed by atoms with Crippen LogP contribution in [0.4, 0.5) is 5.69 Å². The number of nitrogens with one attached hydrogen (secondary N) is 1. The zero-order valence-electron chi connectivity index (χ0n) is 13.2. The molecule has 2 aliphatic heterocycles. The second-order valence-corrected chi connectivity index (χ2v) is 6.36. The molecule has 1 atom stereocenters. The summed E-state index contributed by atoms with van der Waals surface area (Å²) < 4.78 is 10.9. The average Bonchev–Trinajstić information content (AvgIpc) is 3.09. The maximum atomic E-state index is 12.5. The third kappa shape index (κ3) is 4.37. The van der Waals surface area contributed by atoms with Crippen LogP contribution in [0.15, 0.2) is 18.2 Å². The SMILES string of the molecule is O=C(c1ccc(NCC[C@@H]2CCCO2)cc1Cl)N1CCOCC1. The van der Waals surface area contributed by atoms with Crippen LogP contribution < -0.4 is 5.32 Å². The standard InChI is InChI=1S/C17H23ClN2O3/c18-16-12-13(19-6-5-14-2-1-9-23-14)3-4-15(16)17(21)20-7-10-22-11-8-20/h3-4,12,14,19H,1-2,5-11H2/t14-/m0/s1. The lowest BCUT2D eigenvalue weighted by Gasteiger charge is -2.27. The molecule has 1 aromatic carbocycles. The van der Waals surface area contributed by atoms with Gasteiger partial charge in [0.15, 0.2) is 0 Å². The fraction of sp³-hybridized carbons (Fsp3) is 0.588. The highest BCUT2D eigenvalue weighted by atomic mass is 35.5. The minimum atomic E-state index is -0.0239. The molecule has 2 aliphatic rings. The summed E-state index contributed by atoms with van der Waals surface area (Å²) in [4.78, 5) is 14.3. The molecule has 0 radical (unpaired) electrons. The maximum absolute atomic E-state index is 12.5. The van der Waals surface area contributed by atoms with Crippen molar-refractivity contribution in [3.05, 3.63) is 28.8 Å². The van der Waals surface area contributed by atoms with Crippen LogP contribution in [-0.2, 0) is 9.47 Å². The Labute approximate surface area is 141 Å². The van der Waals surface area contributed by atoms with Gasteiger partial charge in [-0.2, -0.15) is 0 Å². The third-order valence-electron chi connectivity index (χ3n) is 4.32. The van der Waals surface area contributed by atoms with E-state index in [2.05, 4.69) is 5.32 Å². The minimum absolute atomic E-state index is 0.0239. The Bertz CT molecular complexity index is 541. The highest BCUT2D eigenvalue weighted by Crippen LogP contribution is 2.23. The van der Waals surface area contributed by atoms with Crippen LogP contribution in [0.2, 0.25) is 5.02 Å². The first-order valence-corrected chi connectivity index (χ1v) is 8.64. The third-order valence-corrected chi connectivity index (χ3v) is 4.63. The van der Waals surface area contributed by atoms with E-state index in [1.165, 1.54) is 0 Å². The summed E-state index contributed by atoms with van der Waals surface area (Å²) in [6, 6.07) is 5.54. The van der Waals surface area contributed by atoms with Crippen molar-refractivity contribution in [1.29, 1.82) is 0 Å². The van der Waals surface area contributed by atoms with Crippen molar-refractivity contribution in [2.45, 2.75) is 25.4 Å². The lowest BCUT2D eigenvalue weighted by atomic mass is 10.1. The predicted molar refractivity (Wildman–Crippen MR) is 90.3 cm³/mol. The monoisotopic (exact) mass is 338 g/mol. The van der Waals surface area contributed by atoms with Crippen molar-refractivity contribution in [3.63, 3.8) is 0 Å². The molecule has 3 rings (SSSR count). The molecular formula is C17H23ClN2O3. The van der Waals surface area contributed by atoms with E-state index in [4.69, 9.17) is 21.1 Å². The molecule has 2 saturated heterocycles. The van der Waals surface area contributed by atoms with Crippen LogP contribution >= 0.6 is 11.6 Å².